The molecule has 2 rings (SSSR count). The Labute approximate surface area is 131 Å². The third kappa shape index (κ3) is 5.21. The Morgan fingerprint density at radius 1 is 1.29 bits per heavy atom. The summed E-state index contributed by atoms with van der Waals surface area (Å²) in [6.45, 7) is 0.320. The third-order valence-electron chi connectivity index (χ3n) is 3.84. The molecule has 1 aliphatic rings. The van der Waals surface area contributed by atoms with Crippen LogP contribution in [0.15, 0.2) is 18.2 Å². The number of hydrogen-bond donors (Lipinski definition) is 2. The molecule has 1 amide bonds. The number of amides is 1. The lowest BCUT2D eigenvalue weighted by Gasteiger charge is -2.16. The molecule has 1 aromatic carbocycles. The van der Waals surface area contributed by atoms with Gasteiger partial charge in [0.25, 0.3) is 0 Å². The molecule has 0 atom stereocenters. The lowest BCUT2D eigenvalue weighted by Crippen LogP contribution is -2.35. The first-order valence-electron chi connectivity index (χ1n) is 7.56. The van der Waals surface area contributed by atoms with Gasteiger partial charge in [0.15, 0.2) is 0 Å². The Hall–Kier alpha value is -1.26. The zero-order valence-electron chi connectivity index (χ0n) is 12.5. The molecular formula is C16H23ClN2O2. The number of carbonyl (C=O) groups excluding carboxylic acids is 1. The van der Waals surface area contributed by atoms with Crippen LogP contribution in [0.25, 0.3) is 0 Å². The molecule has 2 N–H and O–H groups in total. The Morgan fingerprint density at radius 2 is 2.00 bits per heavy atom. The van der Waals surface area contributed by atoms with Crippen molar-refractivity contribution in [3.05, 3.63) is 23.2 Å². The quantitative estimate of drug-likeness (QED) is 0.817. The number of halogens is 1. The first-order chi connectivity index (χ1) is 10.2. The summed E-state index contributed by atoms with van der Waals surface area (Å²) in [6.07, 6.45) is 7.44. The van der Waals surface area contributed by atoms with Crippen LogP contribution >= 0.6 is 11.6 Å². The van der Waals surface area contributed by atoms with Gasteiger partial charge in [0.1, 0.15) is 5.75 Å². The summed E-state index contributed by atoms with van der Waals surface area (Å²) in [5, 5.41) is 6.77. The van der Waals surface area contributed by atoms with Gasteiger partial charge in [-0.2, -0.15) is 0 Å². The number of benzene rings is 1. The maximum absolute atomic E-state index is 12.0. The van der Waals surface area contributed by atoms with Crippen LogP contribution in [-0.2, 0) is 4.79 Å². The van der Waals surface area contributed by atoms with Crippen LogP contribution in [0.5, 0.6) is 5.75 Å². The topological polar surface area (TPSA) is 50.4 Å². The summed E-state index contributed by atoms with van der Waals surface area (Å²) in [7, 11) is 1.57. The first kappa shape index (κ1) is 16.1. The van der Waals surface area contributed by atoms with Gasteiger partial charge >= 0.3 is 0 Å². The van der Waals surface area contributed by atoms with Crippen LogP contribution in [-0.4, -0.2) is 25.6 Å². The molecule has 0 spiro atoms. The molecule has 0 heterocycles. The van der Waals surface area contributed by atoms with Crippen molar-refractivity contribution in [1.29, 1.82) is 0 Å². The van der Waals surface area contributed by atoms with Gasteiger partial charge < -0.3 is 15.4 Å². The minimum absolute atomic E-state index is 0.0696. The number of anilines is 1. The normalized spacial score (nSPS) is 16.3. The summed E-state index contributed by atoms with van der Waals surface area (Å²) >= 11 is 5.95. The van der Waals surface area contributed by atoms with Gasteiger partial charge in [-0.25, -0.2) is 0 Å². The first-order valence-corrected chi connectivity index (χ1v) is 7.93. The van der Waals surface area contributed by atoms with E-state index in [2.05, 4.69) is 10.6 Å². The molecule has 0 bridgehead atoms. The van der Waals surface area contributed by atoms with E-state index >= 15 is 0 Å². The highest BCUT2D eigenvalue weighted by atomic mass is 35.5. The van der Waals surface area contributed by atoms with Crippen molar-refractivity contribution in [1.82, 2.24) is 5.32 Å². The van der Waals surface area contributed by atoms with E-state index in [4.69, 9.17) is 16.3 Å². The van der Waals surface area contributed by atoms with Gasteiger partial charge in [0.05, 0.1) is 19.3 Å². The van der Waals surface area contributed by atoms with Gasteiger partial charge in [-0.1, -0.05) is 37.3 Å². The van der Waals surface area contributed by atoms with Crippen molar-refractivity contribution in [2.75, 3.05) is 19.0 Å². The predicted octanol–water partition coefficient (Wildman–Crippen LogP) is 3.60. The number of nitrogens with one attached hydrogen (secondary N) is 2. The molecule has 0 unspecified atom stereocenters. The highest BCUT2D eigenvalue weighted by molar-refractivity contribution is 6.31. The van der Waals surface area contributed by atoms with Crippen molar-refractivity contribution < 1.29 is 9.53 Å². The maximum atomic E-state index is 12.0. The van der Waals surface area contributed by atoms with Crippen LogP contribution in [0.3, 0.4) is 0 Å². The molecule has 1 fully saturated rings. The second kappa shape index (κ2) is 8.25. The van der Waals surface area contributed by atoms with E-state index in [1.165, 1.54) is 25.7 Å². The van der Waals surface area contributed by atoms with E-state index in [0.717, 1.165) is 12.8 Å². The molecule has 21 heavy (non-hydrogen) atoms. The summed E-state index contributed by atoms with van der Waals surface area (Å²) in [6, 6.07) is 5.64. The van der Waals surface area contributed by atoms with Crippen LogP contribution < -0.4 is 15.4 Å². The highest BCUT2D eigenvalue weighted by Gasteiger charge is 2.14. The van der Waals surface area contributed by atoms with Gasteiger partial charge in [-0.05, 0) is 31.0 Å². The molecule has 1 saturated carbocycles. The number of methoxy groups -OCH3 is 1. The minimum Gasteiger partial charge on any atom is -0.495 e. The molecule has 0 aliphatic heterocycles. The summed E-state index contributed by atoms with van der Waals surface area (Å²) in [5.41, 5.74) is 0.609. The van der Waals surface area contributed by atoms with Gasteiger partial charge in [0.2, 0.25) is 5.91 Å². The molecule has 1 aromatic rings. The van der Waals surface area contributed by atoms with Gasteiger partial charge in [-0.15, -0.1) is 0 Å². The standard InChI is InChI=1S/C16H23ClN2O2/c1-21-15-9-8-12(17)10-14(15)19-16(20)11-18-13-6-4-2-3-5-7-13/h8-10,13,18H,2-7,11H2,1H3,(H,19,20). The molecule has 116 valence electrons. The van der Waals surface area contributed by atoms with Crippen LogP contribution in [0.2, 0.25) is 5.02 Å². The molecule has 5 heteroatoms. The van der Waals surface area contributed by atoms with Crippen molar-refractivity contribution in [3.8, 4) is 5.75 Å². The summed E-state index contributed by atoms with van der Waals surface area (Å²) in [5.74, 6) is 0.544. The monoisotopic (exact) mass is 310 g/mol. The Balaban J connectivity index is 1.85. The molecule has 0 radical (unpaired) electrons. The van der Waals surface area contributed by atoms with E-state index in [1.807, 2.05) is 0 Å². The van der Waals surface area contributed by atoms with Crippen molar-refractivity contribution in [2.24, 2.45) is 0 Å². The van der Waals surface area contributed by atoms with E-state index in [-0.39, 0.29) is 5.91 Å². The second-order valence-corrected chi connectivity index (χ2v) is 5.90. The number of ether oxygens (including phenoxy) is 1. The van der Waals surface area contributed by atoms with Crippen LogP contribution in [0, 0.1) is 0 Å². The molecule has 4 nitrogen and oxygen atoms in total. The fraction of sp³-hybridized carbons (Fsp3) is 0.562. The Bertz CT molecular complexity index is 471. The fourth-order valence-electron chi connectivity index (χ4n) is 2.69. The molecule has 1 aliphatic carbocycles. The smallest absolute Gasteiger partial charge is 0.238 e. The van der Waals surface area contributed by atoms with E-state index < -0.39 is 0 Å². The van der Waals surface area contributed by atoms with Crippen molar-refractivity contribution in [3.63, 3.8) is 0 Å². The lowest BCUT2D eigenvalue weighted by atomic mass is 10.1. The zero-order valence-corrected chi connectivity index (χ0v) is 13.2. The van der Waals surface area contributed by atoms with Crippen LogP contribution in [0.1, 0.15) is 38.5 Å². The summed E-state index contributed by atoms with van der Waals surface area (Å²) in [4.78, 5) is 12.0. The Kier molecular flexibility index (Phi) is 6.33. The average molecular weight is 311 g/mol. The fourth-order valence-corrected chi connectivity index (χ4v) is 2.86. The largest absolute Gasteiger partial charge is 0.495 e. The predicted molar refractivity (Wildman–Crippen MR) is 86.1 cm³/mol. The summed E-state index contributed by atoms with van der Waals surface area (Å²) < 4.78 is 5.22. The van der Waals surface area contributed by atoms with Gasteiger partial charge in [-0.3, -0.25) is 4.79 Å². The molecular weight excluding hydrogens is 288 g/mol. The number of carbonyl (C=O) groups is 1. The SMILES string of the molecule is COc1ccc(Cl)cc1NC(=O)CNC1CCCCCC1. The third-order valence-corrected chi connectivity index (χ3v) is 4.08. The zero-order chi connectivity index (χ0) is 15.1. The minimum atomic E-state index is -0.0696. The number of hydrogen-bond acceptors (Lipinski definition) is 3. The van der Waals surface area contributed by atoms with Crippen molar-refractivity contribution in [2.45, 2.75) is 44.6 Å². The van der Waals surface area contributed by atoms with Crippen molar-refractivity contribution >= 4 is 23.2 Å². The van der Waals surface area contributed by atoms with E-state index in [9.17, 15) is 4.79 Å². The van der Waals surface area contributed by atoms with Crippen LogP contribution in [0.4, 0.5) is 5.69 Å². The Morgan fingerprint density at radius 3 is 2.67 bits per heavy atom. The highest BCUT2D eigenvalue weighted by Crippen LogP contribution is 2.27. The van der Waals surface area contributed by atoms with E-state index in [1.54, 1.807) is 25.3 Å². The number of rotatable bonds is 5. The maximum Gasteiger partial charge on any atom is 0.238 e. The molecule has 0 aromatic heterocycles. The second-order valence-electron chi connectivity index (χ2n) is 5.46. The lowest BCUT2D eigenvalue weighted by molar-refractivity contribution is -0.115. The van der Waals surface area contributed by atoms with Gasteiger partial charge in [0, 0.05) is 11.1 Å². The average Bonchev–Trinajstić information content (AvgIpc) is 2.74. The van der Waals surface area contributed by atoms with E-state index in [0.29, 0.717) is 29.0 Å². The molecule has 0 saturated heterocycles.